The number of sulfonamides is 1. The molecule has 8 heteroatoms. The molecule has 0 spiro atoms. The van der Waals surface area contributed by atoms with Gasteiger partial charge in [0.15, 0.2) is 0 Å². The van der Waals surface area contributed by atoms with Gasteiger partial charge in [-0.15, -0.1) is 0 Å². The largest absolute Gasteiger partial charge is 0.497 e. The molecule has 0 radical (unpaired) electrons. The minimum atomic E-state index is -4.02. The Balaban J connectivity index is 2.63. The molecule has 0 heterocycles. The number of nitrogens with zero attached hydrogens (tertiary/aromatic N) is 1. The standard InChI is InChI=1S/C17H19NO6S/c1-22-13-9-10-16(23-2)15(11-13)18(12-17(19)24-3)25(20,21)14-7-5-4-6-8-14/h4-11H,12H2,1-3H3. The Kier molecular flexibility index (Phi) is 5.87. The summed E-state index contributed by atoms with van der Waals surface area (Å²) in [6.45, 7) is -0.503. The van der Waals surface area contributed by atoms with Gasteiger partial charge in [-0.25, -0.2) is 8.42 Å². The predicted molar refractivity (Wildman–Crippen MR) is 92.5 cm³/mol. The molecule has 0 fully saturated rings. The van der Waals surface area contributed by atoms with Crippen LogP contribution in [0.1, 0.15) is 0 Å². The molecule has 0 aromatic heterocycles. The zero-order valence-corrected chi connectivity index (χ0v) is 14.9. The van der Waals surface area contributed by atoms with E-state index in [1.807, 2.05) is 0 Å². The lowest BCUT2D eigenvalue weighted by Gasteiger charge is -2.25. The first kappa shape index (κ1) is 18.6. The zero-order valence-electron chi connectivity index (χ0n) is 14.1. The lowest BCUT2D eigenvalue weighted by Crippen LogP contribution is -2.36. The van der Waals surface area contributed by atoms with Crippen LogP contribution >= 0.6 is 0 Å². The average molecular weight is 365 g/mol. The van der Waals surface area contributed by atoms with E-state index in [2.05, 4.69) is 4.74 Å². The lowest BCUT2D eigenvalue weighted by molar-refractivity contribution is -0.138. The summed E-state index contributed by atoms with van der Waals surface area (Å²) in [6.07, 6.45) is 0. The SMILES string of the molecule is COC(=O)CN(c1cc(OC)ccc1OC)S(=O)(=O)c1ccccc1. The molecule has 0 unspecified atom stereocenters. The summed E-state index contributed by atoms with van der Waals surface area (Å²) in [5.41, 5.74) is 0.177. The number of rotatable bonds is 7. The fourth-order valence-corrected chi connectivity index (χ4v) is 3.63. The average Bonchev–Trinajstić information content (AvgIpc) is 2.65. The van der Waals surface area contributed by atoms with E-state index in [-0.39, 0.29) is 16.3 Å². The van der Waals surface area contributed by atoms with E-state index < -0.39 is 22.5 Å². The molecule has 2 aromatic rings. The first-order valence-corrected chi connectivity index (χ1v) is 8.74. The van der Waals surface area contributed by atoms with E-state index in [0.717, 1.165) is 4.31 Å². The highest BCUT2D eigenvalue weighted by Gasteiger charge is 2.30. The number of esters is 1. The number of carbonyl (C=O) groups excluding carboxylic acids is 1. The Bertz CT molecular complexity index is 835. The van der Waals surface area contributed by atoms with E-state index in [9.17, 15) is 13.2 Å². The fourth-order valence-electron chi connectivity index (χ4n) is 2.19. The van der Waals surface area contributed by atoms with Crippen molar-refractivity contribution in [3.63, 3.8) is 0 Å². The monoisotopic (exact) mass is 365 g/mol. The Hall–Kier alpha value is -2.74. The van der Waals surface area contributed by atoms with Gasteiger partial charge in [-0.05, 0) is 24.3 Å². The molecule has 2 rings (SSSR count). The van der Waals surface area contributed by atoms with Gasteiger partial charge in [-0.3, -0.25) is 9.10 Å². The third kappa shape index (κ3) is 4.03. The summed E-state index contributed by atoms with van der Waals surface area (Å²) in [6, 6.07) is 12.5. The number of hydrogen-bond donors (Lipinski definition) is 0. The molecular formula is C17H19NO6S. The molecule has 0 amide bonds. The molecule has 134 valence electrons. The van der Waals surface area contributed by atoms with Gasteiger partial charge in [-0.2, -0.15) is 0 Å². The Labute approximate surface area is 146 Å². The van der Waals surface area contributed by atoms with Crippen LogP contribution in [0.5, 0.6) is 11.5 Å². The van der Waals surface area contributed by atoms with Crippen molar-refractivity contribution in [2.24, 2.45) is 0 Å². The predicted octanol–water partition coefficient (Wildman–Crippen LogP) is 2.07. The van der Waals surface area contributed by atoms with Crippen molar-refractivity contribution in [3.05, 3.63) is 48.5 Å². The third-order valence-corrected chi connectivity index (χ3v) is 5.26. The number of hydrogen-bond acceptors (Lipinski definition) is 6. The van der Waals surface area contributed by atoms with E-state index >= 15 is 0 Å². The summed E-state index contributed by atoms with van der Waals surface area (Å²) in [4.78, 5) is 11.9. The normalized spacial score (nSPS) is 10.8. The van der Waals surface area contributed by atoms with Crippen molar-refractivity contribution in [1.82, 2.24) is 0 Å². The molecule has 2 aromatic carbocycles. The smallest absolute Gasteiger partial charge is 0.326 e. The van der Waals surface area contributed by atoms with Crippen LogP contribution in [0, 0.1) is 0 Å². The van der Waals surface area contributed by atoms with Crippen molar-refractivity contribution in [2.45, 2.75) is 4.90 Å². The molecular weight excluding hydrogens is 346 g/mol. The van der Waals surface area contributed by atoms with E-state index in [0.29, 0.717) is 5.75 Å². The molecule has 0 atom stereocenters. The summed E-state index contributed by atoms with van der Waals surface area (Å²) >= 11 is 0. The molecule has 7 nitrogen and oxygen atoms in total. The van der Waals surface area contributed by atoms with Crippen molar-refractivity contribution < 1.29 is 27.4 Å². The quantitative estimate of drug-likeness (QED) is 0.699. The third-order valence-electron chi connectivity index (χ3n) is 3.49. The zero-order chi connectivity index (χ0) is 18.4. The second-order valence-electron chi connectivity index (χ2n) is 4.94. The van der Waals surface area contributed by atoms with Crippen LogP contribution in [-0.4, -0.2) is 42.3 Å². The van der Waals surface area contributed by atoms with Gasteiger partial charge in [0.05, 0.1) is 31.9 Å². The van der Waals surface area contributed by atoms with Gasteiger partial charge in [-0.1, -0.05) is 18.2 Å². The number of ether oxygens (including phenoxy) is 3. The minimum absolute atomic E-state index is 0.0452. The lowest BCUT2D eigenvalue weighted by atomic mass is 10.2. The maximum atomic E-state index is 13.1. The topological polar surface area (TPSA) is 82.1 Å². The number of carbonyl (C=O) groups is 1. The maximum Gasteiger partial charge on any atom is 0.326 e. The van der Waals surface area contributed by atoms with Crippen LogP contribution in [0.2, 0.25) is 0 Å². The van der Waals surface area contributed by atoms with E-state index in [4.69, 9.17) is 9.47 Å². The van der Waals surface area contributed by atoms with Crippen LogP contribution in [0.3, 0.4) is 0 Å². The molecule has 0 N–H and O–H groups in total. The van der Waals surface area contributed by atoms with Gasteiger partial charge in [0.2, 0.25) is 0 Å². The molecule has 0 bridgehead atoms. The first-order chi connectivity index (χ1) is 11.9. The Morgan fingerprint density at radius 3 is 2.24 bits per heavy atom. The summed E-state index contributed by atoms with van der Waals surface area (Å²) in [7, 11) is 0.0467. The summed E-state index contributed by atoms with van der Waals surface area (Å²) < 4.78 is 42.2. The minimum Gasteiger partial charge on any atom is -0.497 e. The highest BCUT2D eigenvalue weighted by Crippen LogP contribution is 2.35. The van der Waals surface area contributed by atoms with Gasteiger partial charge in [0.25, 0.3) is 10.0 Å². The molecule has 0 saturated carbocycles. The van der Waals surface area contributed by atoms with Crippen LogP contribution in [0.4, 0.5) is 5.69 Å². The van der Waals surface area contributed by atoms with Gasteiger partial charge < -0.3 is 14.2 Å². The Morgan fingerprint density at radius 1 is 1.00 bits per heavy atom. The summed E-state index contributed by atoms with van der Waals surface area (Å²) in [5, 5.41) is 0. The van der Waals surface area contributed by atoms with Crippen LogP contribution in [-0.2, 0) is 19.6 Å². The van der Waals surface area contributed by atoms with Gasteiger partial charge >= 0.3 is 5.97 Å². The summed E-state index contributed by atoms with van der Waals surface area (Å²) in [5.74, 6) is 0.00233. The van der Waals surface area contributed by atoms with Crippen molar-refractivity contribution in [1.29, 1.82) is 0 Å². The maximum absolute atomic E-state index is 13.1. The fraction of sp³-hybridized carbons (Fsp3) is 0.235. The highest BCUT2D eigenvalue weighted by atomic mass is 32.2. The van der Waals surface area contributed by atoms with Crippen LogP contribution < -0.4 is 13.8 Å². The second-order valence-corrected chi connectivity index (χ2v) is 6.80. The van der Waals surface area contributed by atoms with Crippen LogP contribution in [0.25, 0.3) is 0 Å². The van der Waals surface area contributed by atoms with Crippen LogP contribution in [0.15, 0.2) is 53.4 Å². The van der Waals surface area contributed by atoms with E-state index in [1.54, 1.807) is 30.3 Å². The van der Waals surface area contributed by atoms with E-state index in [1.165, 1.54) is 39.5 Å². The second kappa shape index (κ2) is 7.89. The number of anilines is 1. The van der Waals surface area contributed by atoms with Crippen molar-refractivity contribution in [2.75, 3.05) is 32.2 Å². The Morgan fingerprint density at radius 2 is 1.68 bits per heavy atom. The van der Waals surface area contributed by atoms with Gasteiger partial charge in [0, 0.05) is 6.07 Å². The van der Waals surface area contributed by atoms with Crippen molar-refractivity contribution in [3.8, 4) is 11.5 Å². The van der Waals surface area contributed by atoms with Crippen molar-refractivity contribution >= 4 is 21.7 Å². The van der Waals surface area contributed by atoms with Gasteiger partial charge in [0.1, 0.15) is 18.0 Å². The molecule has 0 aliphatic carbocycles. The highest BCUT2D eigenvalue weighted by molar-refractivity contribution is 7.92. The molecule has 0 saturated heterocycles. The first-order valence-electron chi connectivity index (χ1n) is 7.30. The molecule has 25 heavy (non-hydrogen) atoms. The molecule has 0 aliphatic rings. The number of benzene rings is 2. The number of methoxy groups -OCH3 is 3. The molecule has 0 aliphatic heterocycles.